The Kier molecular flexibility index (Phi) is 44.7. The van der Waals surface area contributed by atoms with E-state index >= 15 is 0 Å². The largest absolute Gasteiger partial charge is 0.466 e. The lowest BCUT2D eigenvalue weighted by molar-refractivity contribution is -0.143. The Morgan fingerprint density at radius 3 is 1.27 bits per heavy atom. The van der Waals surface area contributed by atoms with Crippen molar-refractivity contribution in [3.63, 3.8) is 0 Å². The van der Waals surface area contributed by atoms with Crippen LogP contribution in [-0.4, -0.2) is 47.4 Å². The molecule has 0 bridgehead atoms. The molecule has 0 spiro atoms. The van der Waals surface area contributed by atoms with Gasteiger partial charge in [-0.25, -0.2) is 0 Å². The molecule has 56 heavy (non-hydrogen) atoms. The van der Waals surface area contributed by atoms with Crippen molar-refractivity contribution in [3.05, 3.63) is 24.3 Å². The minimum atomic E-state index is -0.849. The van der Waals surface area contributed by atoms with Crippen LogP contribution in [-0.2, 0) is 14.3 Å². The molecule has 0 fully saturated rings. The molecule has 6 heteroatoms. The van der Waals surface area contributed by atoms with Crippen LogP contribution in [0.4, 0.5) is 0 Å². The topological polar surface area (TPSA) is 95.9 Å². The van der Waals surface area contributed by atoms with E-state index < -0.39 is 12.1 Å². The molecule has 2 unspecified atom stereocenters. The predicted molar refractivity (Wildman–Crippen MR) is 241 cm³/mol. The summed E-state index contributed by atoms with van der Waals surface area (Å²) in [5.41, 5.74) is 0. The zero-order valence-electron chi connectivity index (χ0n) is 37.4. The molecular formula is C50H95NO5. The molecule has 6 nitrogen and oxygen atoms in total. The average Bonchev–Trinajstić information content (AvgIpc) is 3.20. The Bertz CT molecular complexity index is 874. The van der Waals surface area contributed by atoms with Crippen LogP contribution in [0.15, 0.2) is 24.3 Å². The van der Waals surface area contributed by atoms with E-state index in [9.17, 15) is 19.8 Å². The van der Waals surface area contributed by atoms with Gasteiger partial charge in [-0.05, 0) is 57.8 Å². The number of hydrogen-bond acceptors (Lipinski definition) is 5. The van der Waals surface area contributed by atoms with Gasteiger partial charge in [0.2, 0.25) is 5.91 Å². The third kappa shape index (κ3) is 42.0. The van der Waals surface area contributed by atoms with Gasteiger partial charge < -0.3 is 20.3 Å². The summed E-state index contributed by atoms with van der Waals surface area (Å²) in [6.07, 6.45) is 53.1. The van der Waals surface area contributed by atoms with Crippen molar-refractivity contribution in [1.29, 1.82) is 0 Å². The van der Waals surface area contributed by atoms with Gasteiger partial charge in [0.05, 0.1) is 25.4 Å². The van der Waals surface area contributed by atoms with Gasteiger partial charge in [0.15, 0.2) is 0 Å². The zero-order chi connectivity index (χ0) is 40.8. The number of rotatable bonds is 45. The summed E-state index contributed by atoms with van der Waals surface area (Å²) >= 11 is 0. The van der Waals surface area contributed by atoms with Gasteiger partial charge in [-0.3, -0.25) is 9.59 Å². The first-order chi connectivity index (χ1) is 27.5. The third-order valence-electron chi connectivity index (χ3n) is 11.2. The van der Waals surface area contributed by atoms with Gasteiger partial charge in [0.25, 0.3) is 0 Å². The van der Waals surface area contributed by atoms with Gasteiger partial charge in [-0.1, -0.05) is 212 Å². The van der Waals surface area contributed by atoms with Crippen molar-refractivity contribution in [2.45, 2.75) is 270 Å². The van der Waals surface area contributed by atoms with Crippen molar-refractivity contribution >= 4 is 11.9 Å². The van der Waals surface area contributed by atoms with E-state index in [1.807, 2.05) is 6.08 Å². The van der Waals surface area contributed by atoms with Crippen molar-refractivity contribution < 1.29 is 24.5 Å². The number of hydrogen-bond donors (Lipinski definition) is 3. The Morgan fingerprint density at radius 1 is 0.482 bits per heavy atom. The van der Waals surface area contributed by atoms with Crippen LogP contribution in [0.3, 0.4) is 0 Å². The first-order valence-electron chi connectivity index (χ1n) is 24.6. The monoisotopic (exact) mass is 790 g/mol. The van der Waals surface area contributed by atoms with Crippen molar-refractivity contribution in [2.75, 3.05) is 13.2 Å². The third-order valence-corrected chi connectivity index (χ3v) is 11.2. The lowest BCUT2D eigenvalue weighted by Gasteiger charge is -2.20. The second kappa shape index (κ2) is 46.0. The lowest BCUT2D eigenvalue weighted by atomic mass is 10.0. The molecule has 0 saturated heterocycles. The summed E-state index contributed by atoms with van der Waals surface area (Å²) in [6.45, 7) is 4.85. The summed E-state index contributed by atoms with van der Waals surface area (Å²) in [5, 5.41) is 22.9. The van der Waals surface area contributed by atoms with Gasteiger partial charge in [0.1, 0.15) is 0 Å². The fraction of sp³-hybridized carbons (Fsp3) is 0.880. The van der Waals surface area contributed by atoms with Gasteiger partial charge in [0, 0.05) is 12.8 Å². The van der Waals surface area contributed by atoms with Gasteiger partial charge in [-0.2, -0.15) is 0 Å². The summed E-state index contributed by atoms with van der Waals surface area (Å²) in [6, 6.07) is -0.634. The minimum Gasteiger partial charge on any atom is -0.466 e. The summed E-state index contributed by atoms with van der Waals surface area (Å²) in [4.78, 5) is 24.4. The molecule has 0 aromatic carbocycles. The molecule has 0 heterocycles. The summed E-state index contributed by atoms with van der Waals surface area (Å²) < 4.78 is 5.45. The maximum absolute atomic E-state index is 12.4. The highest BCUT2D eigenvalue weighted by Crippen LogP contribution is 2.15. The quantitative estimate of drug-likeness (QED) is 0.0324. The Hall–Kier alpha value is -1.66. The van der Waals surface area contributed by atoms with Crippen molar-refractivity contribution in [1.82, 2.24) is 5.32 Å². The molecule has 0 radical (unpaired) electrons. The number of carbonyl (C=O) groups is 2. The molecule has 0 aliphatic carbocycles. The van der Waals surface area contributed by atoms with Crippen LogP contribution in [0.2, 0.25) is 0 Å². The smallest absolute Gasteiger partial charge is 0.305 e. The van der Waals surface area contributed by atoms with Crippen LogP contribution in [0, 0.1) is 0 Å². The van der Waals surface area contributed by atoms with Gasteiger partial charge >= 0.3 is 5.97 Å². The molecule has 0 aliphatic rings. The van der Waals surface area contributed by atoms with Crippen LogP contribution in [0.1, 0.15) is 258 Å². The predicted octanol–water partition coefficient (Wildman–Crippen LogP) is 14.3. The molecule has 0 rings (SSSR count). The molecule has 1 amide bonds. The van der Waals surface area contributed by atoms with Crippen LogP contribution >= 0.6 is 0 Å². The maximum Gasteiger partial charge on any atom is 0.305 e. The summed E-state index contributed by atoms with van der Waals surface area (Å²) in [5.74, 6) is -0.0932. The highest BCUT2D eigenvalue weighted by atomic mass is 16.5. The highest BCUT2D eigenvalue weighted by molar-refractivity contribution is 5.76. The number of ether oxygens (including phenoxy) is 1. The number of carbonyl (C=O) groups excluding carboxylic acids is 2. The fourth-order valence-corrected chi connectivity index (χ4v) is 7.39. The molecule has 2 atom stereocenters. The Labute approximate surface area is 348 Å². The number of nitrogens with one attached hydrogen (secondary N) is 1. The molecule has 0 aromatic rings. The average molecular weight is 790 g/mol. The van der Waals surface area contributed by atoms with Crippen molar-refractivity contribution in [3.8, 4) is 0 Å². The zero-order valence-corrected chi connectivity index (χ0v) is 37.4. The fourth-order valence-electron chi connectivity index (χ4n) is 7.39. The molecule has 3 N–H and O–H groups in total. The van der Waals surface area contributed by atoms with E-state index in [-0.39, 0.29) is 18.5 Å². The number of esters is 1. The molecule has 0 saturated carbocycles. The standard InChI is InChI=1S/C50H95NO5/c1-3-5-7-9-11-13-15-16-20-24-28-32-36-40-44-50(55)56-45-41-37-33-29-25-21-18-17-19-23-27-31-35-39-43-49(54)51-47(46-52)48(53)42-38-34-30-26-22-14-12-10-8-6-4-2/h15-16,38,42,47-48,52-53H,3-14,17-37,39-41,43-46H2,1-2H3,(H,51,54)/b16-15-,42-38+. The number of allylic oxidation sites excluding steroid dienone is 3. The lowest BCUT2D eigenvalue weighted by Crippen LogP contribution is -2.45. The van der Waals surface area contributed by atoms with E-state index in [4.69, 9.17) is 4.74 Å². The van der Waals surface area contributed by atoms with E-state index in [0.29, 0.717) is 19.4 Å². The molecule has 0 aliphatic heterocycles. The Morgan fingerprint density at radius 2 is 0.839 bits per heavy atom. The van der Waals surface area contributed by atoms with Gasteiger partial charge in [-0.15, -0.1) is 0 Å². The second-order valence-electron chi connectivity index (χ2n) is 16.8. The minimum absolute atomic E-state index is 0.0126. The Balaban J connectivity index is 3.46. The van der Waals surface area contributed by atoms with E-state index in [1.165, 1.54) is 173 Å². The van der Waals surface area contributed by atoms with E-state index in [1.54, 1.807) is 6.08 Å². The highest BCUT2D eigenvalue weighted by Gasteiger charge is 2.18. The summed E-state index contributed by atoms with van der Waals surface area (Å²) in [7, 11) is 0. The first kappa shape index (κ1) is 54.3. The molecule has 330 valence electrons. The molecular weight excluding hydrogens is 695 g/mol. The van der Waals surface area contributed by atoms with E-state index in [0.717, 1.165) is 57.8 Å². The first-order valence-corrected chi connectivity index (χ1v) is 24.6. The number of unbranched alkanes of at least 4 members (excludes halogenated alkanes) is 32. The second-order valence-corrected chi connectivity index (χ2v) is 16.8. The molecule has 0 aromatic heterocycles. The number of aliphatic hydroxyl groups excluding tert-OH is 2. The SMILES string of the molecule is CCCCCCC/C=C\CCCCCCCC(=O)OCCCCCCCCCCCCCCCCC(=O)NC(CO)C(O)/C=C/CCCCCCCCCCC. The van der Waals surface area contributed by atoms with Crippen molar-refractivity contribution in [2.24, 2.45) is 0 Å². The maximum atomic E-state index is 12.4. The van der Waals surface area contributed by atoms with Crippen LogP contribution < -0.4 is 5.32 Å². The number of aliphatic hydroxyl groups is 2. The van der Waals surface area contributed by atoms with Crippen LogP contribution in [0.5, 0.6) is 0 Å². The van der Waals surface area contributed by atoms with Crippen LogP contribution in [0.25, 0.3) is 0 Å². The normalized spacial score (nSPS) is 12.9. The number of amides is 1. The van der Waals surface area contributed by atoms with E-state index in [2.05, 4.69) is 31.3 Å².